The van der Waals surface area contributed by atoms with E-state index >= 15 is 0 Å². The minimum atomic E-state index is 0.0949. The lowest BCUT2D eigenvalue weighted by Gasteiger charge is -2.11. The highest BCUT2D eigenvalue weighted by molar-refractivity contribution is 5.97. The van der Waals surface area contributed by atoms with Crippen LogP contribution in [-0.2, 0) is 13.6 Å². The highest BCUT2D eigenvalue weighted by atomic mass is 15.2. The Morgan fingerprint density at radius 1 is 1.50 bits per heavy atom. The van der Waals surface area contributed by atoms with Gasteiger partial charge in [-0.3, -0.25) is 10.1 Å². The van der Waals surface area contributed by atoms with Gasteiger partial charge in [0, 0.05) is 36.6 Å². The van der Waals surface area contributed by atoms with E-state index in [-0.39, 0.29) is 5.84 Å². The molecule has 0 aliphatic carbocycles. The van der Waals surface area contributed by atoms with Gasteiger partial charge in [0.25, 0.3) is 0 Å². The Hall–Kier alpha value is -2.30. The number of rotatable bonds is 4. The molecule has 0 spiro atoms. The molecule has 0 bridgehead atoms. The number of nitrogens with one attached hydrogen (secondary N) is 2. The summed E-state index contributed by atoms with van der Waals surface area (Å²) in [6.45, 7) is 2.67. The van der Waals surface area contributed by atoms with E-state index in [1.807, 2.05) is 44.6 Å². The van der Waals surface area contributed by atoms with Gasteiger partial charge in [0.15, 0.2) is 0 Å². The van der Waals surface area contributed by atoms with Gasteiger partial charge in [-0.1, -0.05) is 12.1 Å². The number of nitrogens with zero attached hydrogens (tertiary/aromatic N) is 2. The first-order valence-corrected chi connectivity index (χ1v) is 5.73. The summed E-state index contributed by atoms with van der Waals surface area (Å²) in [5.41, 5.74) is 9.41. The third kappa shape index (κ3) is 2.51. The summed E-state index contributed by atoms with van der Waals surface area (Å²) >= 11 is 0. The van der Waals surface area contributed by atoms with Crippen LogP contribution < -0.4 is 11.1 Å². The highest BCUT2D eigenvalue weighted by Gasteiger charge is 2.06. The van der Waals surface area contributed by atoms with Crippen LogP contribution in [0, 0.1) is 12.3 Å². The zero-order valence-corrected chi connectivity index (χ0v) is 10.6. The first-order chi connectivity index (χ1) is 8.58. The van der Waals surface area contributed by atoms with E-state index in [2.05, 4.69) is 10.4 Å². The van der Waals surface area contributed by atoms with Crippen molar-refractivity contribution in [3.05, 3.63) is 47.3 Å². The maximum absolute atomic E-state index is 7.51. The zero-order chi connectivity index (χ0) is 13.1. The SMILES string of the molecule is Cc1c(NCc2cnn(C)c2)cccc1C(=N)N. The zero-order valence-electron chi connectivity index (χ0n) is 10.6. The molecule has 5 heteroatoms. The number of amidine groups is 1. The van der Waals surface area contributed by atoms with Gasteiger partial charge in [0.1, 0.15) is 5.84 Å². The number of benzene rings is 1. The summed E-state index contributed by atoms with van der Waals surface area (Å²) < 4.78 is 1.77. The Balaban J connectivity index is 2.14. The van der Waals surface area contributed by atoms with Crippen LogP contribution in [-0.4, -0.2) is 15.6 Å². The normalized spacial score (nSPS) is 10.3. The van der Waals surface area contributed by atoms with E-state index in [0.717, 1.165) is 22.4 Å². The lowest BCUT2D eigenvalue weighted by Crippen LogP contribution is -2.14. The van der Waals surface area contributed by atoms with Crippen molar-refractivity contribution in [2.75, 3.05) is 5.32 Å². The van der Waals surface area contributed by atoms with E-state index < -0.39 is 0 Å². The van der Waals surface area contributed by atoms with E-state index in [9.17, 15) is 0 Å². The Morgan fingerprint density at radius 2 is 2.28 bits per heavy atom. The van der Waals surface area contributed by atoms with E-state index in [0.29, 0.717) is 6.54 Å². The molecule has 0 unspecified atom stereocenters. The van der Waals surface area contributed by atoms with Crippen molar-refractivity contribution in [3.63, 3.8) is 0 Å². The van der Waals surface area contributed by atoms with E-state index in [1.165, 1.54) is 0 Å². The molecular weight excluding hydrogens is 226 g/mol. The van der Waals surface area contributed by atoms with Gasteiger partial charge in [-0.2, -0.15) is 5.10 Å². The van der Waals surface area contributed by atoms with Crippen LogP contribution in [0.15, 0.2) is 30.6 Å². The first kappa shape index (κ1) is 12.2. The molecule has 0 fully saturated rings. The smallest absolute Gasteiger partial charge is 0.123 e. The van der Waals surface area contributed by atoms with Gasteiger partial charge in [0.2, 0.25) is 0 Å². The molecule has 0 atom stereocenters. The third-order valence-electron chi connectivity index (χ3n) is 2.87. The van der Waals surface area contributed by atoms with Crippen molar-refractivity contribution < 1.29 is 0 Å². The molecule has 0 amide bonds. The highest BCUT2D eigenvalue weighted by Crippen LogP contribution is 2.19. The summed E-state index contributed by atoms with van der Waals surface area (Å²) in [6, 6.07) is 5.74. The topological polar surface area (TPSA) is 79.7 Å². The summed E-state index contributed by atoms with van der Waals surface area (Å²) in [5, 5.41) is 15.0. The molecule has 1 aromatic heterocycles. The van der Waals surface area contributed by atoms with E-state index in [4.69, 9.17) is 11.1 Å². The standard InChI is InChI=1S/C13H17N5/c1-9-11(13(14)15)4-3-5-12(9)16-6-10-7-17-18(2)8-10/h3-5,7-8,16H,6H2,1-2H3,(H3,14,15). The second-order valence-electron chi connectivity index (χ2n) is 4.27. The summed E-state index contributed by atoms with van der Waals surface area (Å²) in [5.74, 6) is 0.0949. The summed E-state index contributed by atoms with van der Waals surface area (Å²) in [4.78, 5) is 0. The fourth-order valence-corrected chi connectivity index (χ4v) is 1.88. The number of aryl methyl sites for hydroxylation is 1. The molecule has 0 aliphatic heterocycles. The number of nitrogen functional groups attached to an aromatic ring is 1. The molecule has 2 aromatic rings. The van der Waals surface area contributed by atoms with Crippen LogP contribution in [0.3, 0.4) is 0 Å². The number of aromatic nitrogens is 2. The van der Waals surface area contributed by atoms with Gasteiger partial charge in [-0.05, 0) is 18.6 Å². The van der Waals surface area contributed by atoms with E-state index in [1.54, 1.807) is 4.68 Å². The van der Waals surface area contributed by atoms with Crippen molar-refractivity contribution in [2.45, 2.75) is 13.5 Å². The molecule has 0 saturated carbocycles. The fraction of sp³-hybridized carbons (Fsp3) is 0.231. The molecule has 18 heavy (non-hydrogen) atoms. The minimum absolute atomic E-state index is 0.0949. The van der Waals surface area contributed by atoms with Crippen LogP contribution in [0.5, 0.6) is 0 Å². The molecule has 0 saturated heterocycles. The number of hydrogen-bond donors (Lipinski definition) is 3. The van der Waals surface area contributed by atoms with Crippen LogP contribution >= 0.6 is 0 Å². The molecule has 0 aliphatic rings. The number of hydrogen-bond acceptors (Lipinski definition) is 3. The molecule has 0 radical (unpaired) electrons. The maximum atomic E-state index is 7.51. The largest absolute Gasteiger partial charge is 0.384 e. The molecule has 5 nitrogen and oxygen atoms in total. The van der Waals surface area contributed by atoms with Gasteiger partial charge in [-0.25, -0.2) is 0 Å². The van der Waals surface area contributed by atoms with Crippen LogP contribution in [0.1, 0.15) is 16.7 Å². The van der Waals surface area contributed by atoms with Crippen molar-refractivity contribution in [3.8, 4) is 0 Å². The van der Waals surface area contributed by atoms with Crippen LogP contribution in [0.2, 0.25) is 0 Å². The second-order valence-corrected chi connectivity index (χ2v) is 4.27. The van der Waals surface area contributed by atoms with Crippen molar-refractivity contribution in [2.24, 2.45) is 12.8 Å². The Kier molecular flexibility index (Phi) is 3.32. The summed E-state index contributed by atoms with van der Waals surface area (Å²) in [6.07, 6.45) is 3.80. The molecule has 94 valence electrons. The predicted molar refractivity (Wildman–Crippen MR) is 72.7 cm³/mol. The average Bonchev–Trinajstić information content (AvgIpc) is 2.73. The van der Waals surface area contributed by atoms with Gasteiger partial charge >= 0.3 is 0 Å². The van der Waals surface area contributed by atoms with Gasteiger partial charge < -0.3 is 11.1 Å². The van der Waals surface area contributed by atoms with Crippen molar-refractivity contribution in [1.29, 1.82) is 5.41 Å². The van der Waals surface area contributed by atoms with Crippen LogP contribution in [0.25, 0.3) is 0 Å². The monoisotopic (exact) mass is 243 g/mol. The van der Waals surface area contributed by atoms with Crippen LogP contribution in [0.4, 0.5) is 5.69 Å². The molecule has 2 rings (SSSR count). The third-order valence-corrected chi connectivity index (χ3v) is 2.87. The molecular formula is C13H17N5. The van der Waals surface area contributed by atoms with Gasteiger partial charge in [-0.15, -0.1) is 0 Å². The molecule has 4 N–H and O–H groups in total. The molecule has 1 aromatic carbocycles. The Bertz CT molecular complexity index is 571. The Morgan fingerprint density at radius 3 is 2.89 bits per heavy atom. The number of nitrogens with two attached hydrogens (primary N) is 1. The van der Waals surface area contributed by atoms with Crippen molar-refractivity contribution >= 4 is 11.5 Å². The quantitative estimate of drug-likeness (QED) is 0.564. The number of anilines is 1. The minimum Gasteiger partial charge on any atom is -0.384 e. The summed E-state index contributed by atoms with van der Waals surface area (Å²) in [7, 11) is 1.89. The van der Waals surface area contributed by atoms with Crippen molar-refractivity contribution in [1.82, 2.24) is 9.78 Å². The average molecular weight is 243 g/mol. The maximum Gasteiger partial charge on any atom is 0.123 e. The first-order valence-electron chi connectivity index (χ1n) is 5.73. The fourth-order valence-electron chi connectivity index (χ4n) is 1.88. The lowest BCUT2D eigenvalue weighted by atomic mass is 10.1. The Labute approximate surface area is 106 Å². The van der Waals surface area contributed by atoms with Gasteiger partial charge in [0.05, 0.1) is 6.20 Å². The molecule has 1 heterocycles. The second kappa shape index (κ2) is 4.91. The predicted octanol–water partition coefficient (Wildman–Crippen LogP) is 1.62. The lowest BCUT2D eigenvalue weighted by molar-refractivity contribution is 0.767.